The highest BCUT2D eigenvalue weighted by atomic mass is 16.5. The van der Waals surface area contributed by atoms with Crippen LogP contribution in [-0.2, 0) is 0 Å². The number of aromatic carboxylic acids is 1. The zero-order valence-corrected chi connectivity index (χ0v) is 8.93. The molecule has 0 aromatic carbocycles. The van der Waals surface area contributed by atoms with E-state index in [4.69, 9.17) is 9.84 Å². The molecule has 0 bridgehead atoms. The first-order chi connectivity index (χ1) is 7.11. The lowest BCUT2D eigenvalue weighted by atomic mass is 10.1. The van der Waals surface area contributed by atoms with Crippen LogP contribution in [0.15, 0.2) is 18.5 Å². The molecule has 0 saturated heterocycles. The normalized spacial score (nSPS) is 10.3. The first kappa shape index (κ1) is 11.5. The minimum Gasteiger partial charge on any atom is -0.491 e. The average molecular weight is 209 g/mol. The van der Waals surface area contributed by atoms with Gasteiger partial charge in [0.25, 0.3) is 0 Å². The Morgan fingerprint density at radius 1 is 1.60 bits per heavy atom. The van der Waals surface area contributed by atoms with Gasteiger partial charge in [-0.3, -0.25) is 4.98 Å². The van der Waals surface area contributed by atoms with Crippen LogP contribution in [-0.4, -0.2) is 22.7 Å². The van der Waals surface area contributed by atoms with E-state index in [2.05, 4.69) is 18.8 Å². The third-order valence-electron chi connectivity index (χ3n) is 1.97. The van der Waals surface area contributed by atoms with Gasteiger partial charge in [-0.2, -0.15) is 0 Å². The topological polar surface area (TPSA) is 59.4 Å². The molecule has 0 fully saturated rings. The lowest BCUT2D eigenvalue weighted by Crippen LogP contribution is -2.06. The SMILES string of the molecule is CC(C)CCOc1cnccc1C(=O)O. The van der Waals surface area contributed by atoms with Crippen molar-refractivity contribution in [2.75, 3.05) is 6.61 Å². The molecule has 1 heterocycles. The lowest BCUT2D eigenvalue weighted by molar-refractivity contribution is 0.0692. The minimum absolute atomic E-state index is 0.161. The van der Waals surface area contributed by atoms with Crippen molar-refractivity contribution in [3.8, 4) is 5.75 Å². The van der Waals surface area contributed by atoms with Gasteiger partial charge >= 0.3 is 5.97 Å². The molecule has 15 heavy (non-hydrogen) atoms. The van der Waals surface area contributed by atoms with E-state index in [-0.39, 0.29) is 5.56 Å². The molecule has 1 aromatic rings. The van der Waals surface area contributed by atoms with Crippen molar-refractivity contribution >= 4 is 5.97 Å². The molecule has 0 radical (unpaired) electrons. The summed E-state index contributed by atoms with van der Waals surface area (Å²) in [5.41, 5.74) is 0.161. The molecule has 1 aromatic heterocycles. The van der Waals surface area contributed by atoms with Crippen LogP contribution >= 0.6 is 0 Å². The quantitative estimate of drug-likeness (QED) is 0.807. The van der Waals surface area contributed by atoms with Crippen LogP contribution in [0.5, 0.6) is 5.75 Å². The van der Waals surface area contributed by atoms with Gasteiger partial charge in [-0.25, -0.2) is 4.79 Å². The Balaban J connectivity index is 2.63. The molecule has 0 saturated carbocycles. The van der Waals surface area contributed by atoms with E-state index < -0.39 is 5.97 Å². The first-order valence-electron chi connectivity index (χ1n) is 4.91. The van der Waals surface area contributed by atoms with Crippen molar-refractivity contribution in [2.45, 2.75) is 20.3 Å². The molecule has 1 N–H and O–H groups in total. The minimum atomic E-state index is -0.989. The van der Waals surface area contributed by atoms with Crippen molar-refractivity contribution in [3.63, 3.8) is 0 Å². The Morgan fingerprint density at radius 2 is 2.33 bits per heavy atom. The molecular weight excluding hydrogens is 194 g/mol. The second-order valence-corrected chi connectivity index (χ2v) is 3.71. The summed E-state index contributed by atoms with van der Waals surface area (Å²) >= 11 is 0. The molecule has 0 amide bonds. The van der Waals surface area contributed by atoms with Gasteiger partial charge in [-0.05, 0) is 18.4 Å². The number of aromatic nitrogens is 1. The van der Waals surface area contributed by atoms with Gasteiger partial charge in [0.05, 0.1) is 12.8 Å². The van der Waals surface area contributed by atoms with Gasteiger partial charge in [0.1, 0.15) is 5.56 Å². The number of nitrogens with zero attached hydrogens (tertiary/aromatic N) is 1. The molecule has 4 heteroatoms. The summed E-state index contributed by atoms with van der Waals surface area (Å²) in [6.07, 6.45) is 3.77. The van der Waals surface area contributed by atoms with Gasteiger partial charge in [-0.1, -0.05) is 13.8 Å². The van der Waals surface area contributed by atoms with Crippen LogP contribution < -0.4 is 4.74 Å². The summed E-state index contributed by atoms with van der Waals surface area (Å²) in [7, 11) is 0. The number of hydrogen-bond donors (Lipinski definition) is 1. The smallest absolute Gasteiger partial charge is 0.339 e. The molecule has 4 nitrogen and oxygen atoms in total. The van der Waals surface area contributed by atoms with Gasteiger partial charge in [0, 0.05) is 6.20 Å². The zero-order chi connectivity index (χ0) is 11.3. The molecule has 0 aliphatic carbocycles. The van der Waals surface area contributed by atoms with Crippen molar-refractivity contribution in [1.82, 2.24) is 4.98 Å². The molecule has 0 atom stereocenters. The molecule has 0 unspecified atom stereocenters. The third-order valence-corrected chi connectivity index (χ3v) is 1.97. The molecule has 82 valence electrons. The Morgan fingerprint density at radius 3 is 2.93 bits per heavy atom. The van der Waals surface area contributed by atoms with Crippen LogP contribution in [0.25, 0.3) is 0 Å². The van der Waals surface area contributed by atoms with E-state index in [1.54, 1.807) is 0 Å². The van der Waals surface area contributed by atoms with Crippen molar-refractivity contribution < 1.29 is 14.6 Å². The van der Waals surface area contributed by atoms with Gasteiger partial charge in [0.2, 0.25) is 0 Å². The Labute approximate surface area is 88.9 Å². The number of carboxylic acids is 1. The van der Waals surface area contributed by atoms with E-state index in [1.807, 2.05) is 0 Å². The summed E-state index contributed by atoms with van der Waals surface area (Å²) in [6, 6.07) is 1.44. The average Bonchev–Trinajstić information content (AvgIpc) is 2.17. The van der Waals surface area contributed by atoms with Crippen molar-refractivity contribution in [2.24, 2.45) is 5.92 Å². The first-order valence-corrected chi connectivity index (χ1v) is 4.91. The van der Waals surface area contributed by atoms with E-state index in [0.717, 1.165) is 6.42 Å². The van der Waals surface area contributed by atoms with Crippen molar-refractivity contribution in [3.05, 3.63) is 24.0 Å². The third kappa shape index (κ3) is 3.58. The number of pyridine rings is 1. The van der Waals surface area contributed by atoms with E-state index in [0.29, 0.717) is 18.3 Å². The molecule has 0 aliphatic rings. The number of carboxylic acid groups (broad SMARTS) is 1. The zero-order valence-electron chi connectivity index (χ0n) is 8.93. The standard InChI is InChI=1S/C11H15NO3/c1-8(2)4-6-15-10-7-12-5-3-9(10)11(13)14/h3,5,7-8H,4,6H2,1-2H3,(H,13,14). The fourth-order valence-electron chi connectivity index (χ4n) is 1.08. The number of carbonyl (C=O) groups is 1. The fourth-order valence-corrected chi connectivity index (χ4v) is 1.08. The Kier molecular flexibility index (Phi) is 4.09. The predicted octanol–water partition coefficient (Wildman–Crippen LogP) is 2.20. The summed E-state index contributed by atoms with van der Waals surface area (Å²) < 4.78 is 5.37. The maximum atomic E-state index is 10.8. The lowest BCUT2D eigenvalue weighted by Gasteiger charge is -2.09. The van der Waals surface area contributed by atoms with Crippen LogP contribution in [0, 0.1) is 5.92 Å². The summed E-state index contributed by atoms with van der Waals surface area (Å²) in [5, 5.41) is 8.87. The van der Waals surface area contributed by atoms with Gasteiger partial charge in [-0.15, -0.1) is 0 Å². The maximum absolute atomic E-state index is 10.8. The number of hydrogen-bond acceptors (Lipinski definition) is 3. The molecule has 1 rings (SSSR count). The number of rotatable bonds is 5. The second kappa shape index (κ2) is 5.34. The monoisotopic (exact) mass is 209 g/mol. The second-order valence-electron chi connectivity index (χ2n) is 3.71. The van der Waals surface area contributed by atoms with E-state index >= 15 is 0 Å². The van der Waals surface area contributed by atoms with E-state index in [9.17, 15) is 4.79 Å². The molecule has 0 spiro atoms. The highest BCUT2D eigenvalue weighted by Crippen LogP contribution is 2.16. The van der Waals surface area contributed by atoms with Gasteiger partial charge < -0.3 is 9.84 Å². The summed E-state index contributed by atoms with van der Waals surface area (Å²) in [6.45, 7) is 4.69. The van der Waals surface area contributed by atoms with Crippen LogP contribution in [0.2, 0.25) is 0 Å². The molecular formula is C11H15NO3. The fraction of sp³-hybridized carbons (Fsp3) is 0.455. The highest BCUT2D eigenvalue weighted by molar-refractivity contribution is 5.90. The molecule has 0 aliphatic heterocycles. The Bertz CT molecular complexity index is 336. The van der Waals surface area contributed by atoms with Crippen LogP contribution in [0.3, 0.4) is 0 Å². The van der Waals surface area contributed by atoms with Crippen molar-refractivity contribution in [1.29, 1.82) is 0 Å². The highest BCUT2D eigenvalue weighted by Gasteiger charge is 2.10. The van der Waals surface area contributed by atoms with Gasteiger partial charge in [0.15, 0.2) is 5.75 Å². The summed E-state index contributed by atoms with van der Waals surface area (Å²) in [4.78, 5) is 14.6. The Hall–Kier alpha value is -1.58. The van der Waals surface area contributed by atoms with E-state index in [1.165, 1.54) is 18.5 Å². The largest absolute Gasteiger partial charge is 0.491 e. The summed E-state index contributed by atoms with van der Waals surface area (Å²) in [5.74, 6) is -0.113. The van der Waals surface area contributed by atoms with Crippen LogP contribution in [0.4, 0.5) is 0 Å². The number of ether oxygens (including phenoxy) is 1. The maximum Gasteiger partial charge on any atom is 0.339 e. The van der Waals surface area contributed by atoms with Crippen LogP contribution in [0.1, 0.15) is 30.6 Å². The predicted molar refractivity (Wildman–Crippen MR) is 56.1 cm³/mol.